The van der Waals surface area contributed by atoms with Crippen LogP contribution in [0.15, 0.2) is 48.5 Å². The Bertz CT molecular complexity index is 993. The van der Waals surface area contributed by atoms with Crippen LogP contribution in [0, 0.1) is 17.3 Å². The van der Waals surface area contributed by atoms with E-state index in [9.17, 15) is 15.0 Å². The molecule has 2 N–H and O–H groups in total. The summed E-state index contributed by atoms with van der Waals surface area (Å²) in [6.07, 6.45) is 9.37. The number of ketones is 1. The number of phenolic OH excluding ortho intramolecular Hbond substituents is 1. The number of hydrogen-bond donors (Lipinski definition) is 2. The lowest BCUT2D eigenvalue weighted by atomic mass is 9.55. The van der Waals surface area contributed by atoms with E-state index in [1.165, 1.54) is 11.1 Å². The minimum atomic E-state index is -0.176. The second-order valence-corrected chi connectivity index (χ2v) is 9.73. The molecule has 3 nitrogen and oxygen atoms in total. The molecule has 2 aromatic carbocycles. The van der Waals surface area contributed by atoms with Gasteiger partial charge in [0, 0.05) is 0 Å². The lowest BCUT2D eigenvalue weighted by molar-refractivity contribution is -0.0226. The van der Waals surface area contributed by atoms with Crippen LogP contribution in [-0.4, -0.2) is 22.1 Å². The topological polar surface area (TPSA) is 57.5 Å². The van der Waals surface area contributed by atoms with E-state index < -0.39 is 0 Å². The Labute approximate surface area is 178 Å². The van der Waals surface area contributed by atoms with Crippen molar-refractivity contribution in [2.75, 3.05) is 0 Å². The van der Waals surface area contributed by atoms with Gasteiger partial charge in [0.1, 0.15) is 5.75 Å². The smallest absolute Gasteiger partial charge is 0.189 e. The summed E-state index contributed by atoms with van der Waals surface area (Å²) >= 11 is 0. The Balaban J connectivity index is 1.45. The lowest BCUT2D eigenvalue weighted by Crippen LogP contribution is -2.43. The second-order valence-electron chi connectivity index (χ2n) is 9.73. The van der Waals surface area contributed by atoms with Gasteiger partial charge in [0.15, 0.2) is 5.78 Å². The van der Waals surface area contributed by atoms with E-state index in [-0.39, 0.29) is 23.1 Å². The third-order valence-corrected chi connectivity index (χ3v) is 8.28. The first-order valence-electron chi connectivity index (χ1n) is 11.3. The normalized spacial score (nSPS) is 32.5. The molecule has 0 aromatic heterocycles. The van der Waals surface area contributed by atoms with Crippen LogP contribution < -0.4 is 0 Å². The molecule has 2 aromatic rings. The summed E-state index contributed by atoms with van der Waals surface area (Å²) < 4.78 is 0. The average molecular weight is 403 g/mol. The summed E-state index contributed by atoms with van der Waals surface area (Å²) in [5, 5.41) is 21.2. The Morgan fingerprint density at radius 1 is 1.10 bits per heavy atom. The first kappa shape index (κ1) is 19.6. The predicted molar refractivity (Wildman–Crippen MR) is 119 cm³/mol. The van der Waals surface area contributed by atoms with Crippen molar-refractivity contribution in [2.24, 2.45) is 17.3 Å². The molecule has 156 valence electrons. The van der Waals surface area contributed by atoms with E-state index in [0.717, 1.165) is 44.1 Å². The quantitative estimate of drug-likeness (QED) is 0.526. The third kappa shape index (κ3) is 3.11. The van der Waals surface area contributed by atoms with E-state index >= 15 is 0 Å². The zero-order chi connectivity index (χ0) is 20.9. The van der Waals surface area contributed by atoms with Crippen molar-refractivity contribution in [3.8, 4) is 5.75 Å². The minimum absolute atomic E-state index is 0.0483. The summed E-state index contributed by atoms with van der Waals surface area (Å²) in [5.74, 6) is 1.50. The van der Waals surface area contributed by atoms with Crippen LogP contribution in [0.5, 0.6) is 5.75 Å². The zero-order valence-electron chi connectivity index (χ0n) is 17.6. The number of carbonyl (C=O) groups excluding carboxylic acids is 1. The molecule has 0 amide bonds. The van der Waals surface area contributed by atoms with Crippen molar-refractivity contribution >= 4 is 11.9 Å². The third-order valence-electron chi connectivity index (χ3n) is 8.28. The van der Waals surface area contributed by atoms with E-state index in [0.29, 0.717) is 23.3 Å². The predicted octanol–water partition coefficient (Wildman–Crippen LogP) is 5.51. The van der Waals surface area contributed by atoms with Gasteiger partial charge in [-0.15, -0.1) is 0 Å². The SMILES string of the molecule is C[C@]12CC[C@@H]3c4cc(C(=O)/C=C/c5ccccc5)c(O)cc4CC[C@H]3[C@@H]1CC[C@@H]2O. The lowest BCUT2D eigenvalue weighted by Gasteiger charge is -2.50. The molecule has 0 unspecified atom stereocenters. The van der Waals surface area contributed by atoms with Gasteiger partial charge in [-0.05, 0) is 96.6 Å². The average Bonchev–Trinajstić information content (AvgIpc) is 3.06. The largest absolute Gasteiger partial charge is 0.507 e. The Hall–Kier alpha value is -2.39. The number of rotatable bonds is 3. The fourth-order valence-corrected chi connectivity index (χ4v) is 6.60. The summed E-state index contributed by atoms with van der Waals surface area (Å²) in [6, 6.07) is 13.5. The fraction of sp³-hybridized carbons (Fsp3) is 0.444. The Morgan fingerprint density at radius 2 is 1.90 bits per heavy atom. The van der Waals surface area contributed by atoms with Gasteiger partial charge in [-0.1, -0.05) is 43.3 Å². The molecule has 2 saturated carbocycles. The zero-order valence-corrected chi connectivity index (χ0v) is 17.6. The van der Waals surface area contributed by atoms with Gasteiger partial charge in [0.05, 0.1) is 11.7 Å². The number of allylic oxidation sites excluding steroid dienone is 1. The van der Waals surface area contributed by atoms with Gasteiger partial charge in [-0.3, -0.25) is 4.79 Å². The molecule has 0 radical (unpaired) electrons. The highest BCUT2D eigenvalue weighted by molar-refractivity contribution is 6.08. The molecule has 3 aliphatic carbocycles. The van der Waals surface area contributed by atoms with Crippen LogP contribution in [-0.2, 0) is 6.42 Å². The van der Waals surface area contributed by atoms with Crippen LogP contribution in [0.1, 0.15) is 72.0 Å². The molecule has 5 atom stereocenters. The van der Waals surface area contributed by atoms with Gasteiger partial charge in [0.25, 0.3) is 0 Å². The number of aryl methyl sites for hydroxylation is 1. The number of aromatic hydroxyl groups is 1. The van der Waals surface area contributed by atoms with E-state index in [2.05, 4.69) is 6.92 Å². The maximum atomic E-state index is 12.9. The van der Waals surface area contributed by atoms with Crippen molar-refractivity contribution in [1.29, 1.82) is 0 Å². The van der Waals surface area contributed by atoms with Gasteiger partial charge in [-0.25, -0.2) is 0 Å². The molecular formula is C27H30O3. The van der Waals surface area contributed by atoms with Crippen LogP contribution in [0.2, 0.25) is 0 Å². The van der Waals surface area contributed by atoms with Gasteiger partial charge >= 0.3 is 0 Å². The van der Waals surface area contributed by atoms with Gasteiger partial charge in [0.2, 0.25) is 0 Å². The molecule has 2 fully saturated rings. The van der Waals surface area contributed by atoms with Crippen molar-refractivity contribution in [3.05, 3.63) is 70.8 Å². The van der Waals surface area contributed by atoms with Crippen molar-refractivity contribution in [1.82, 2.24) is 0 Å². The van der Waals surface area contributed by atoms with E-state index in [4.69, 9.17) is 0 Å². The van der Waals surface area contributed by atoms with Crippen molar-refractivity contribution < 1.29 is 15.0 Å². The van der Waals surface area contributed by atoms with Crippen LogP contribution >= 0.6 is 0 Å². The van der Waals surface area contributed by atoms with Gasteiger partial charge in [-0.2, -0.15) is 0 Å². The number of carbonyl (C=O) groups is 1. The molecule has 0 heterocycles. The number of hydrogen-bond acceptors (Lipinski definition) is 3. The second kappa shape index (κ2) is 7.39. The molecule has 3 heteroatoms. The highest BCUT2D eigenvalue weighted by Gasteiger charge is 2.54. The molecular weight excluding hydrogens is 372 g/mol. The number of aliphatic hydroxyl groups is 1. The highest BCUT2D eigenvalue weighted by atomic mass is 16.3. The van der Waals surface area contributed by atoms with Crippen molar-refractivity contribution in [3.63, 3.8) is 0 Å². The van der Waals surface area contributed by atoms with Crippen molar-refractivity contribution in [2.45, 2.75) is 57.5 Å². The molecule has 0 spiro atoms. The summed E-state index contributed by atoms with van der Waals surface area (Å²) in [7, 11) is 0. The van der Waals surface area contributed by atoms with E-state index in [1.54, 1.807) is 12.2 Å². The summed E-state index contributed by atoms with van der Waals surface area (Å²) in [5.41, 5.74) is 3.87. The summed E-state index contributed by atoms with van der Waals surface area (Å²) in [6.45, 7) is 2.28. The molecule has 0 bridgehead atoms. The molecule has 3 aliphatic rings. The number of fused-ring (bicyclic) bond motifs is 5. The van der Waals surface area contributed by atoms with Crippen LogP contribution in [0.4, 0.5) is 0 Å². The van der Waals surface area contributed by atoms with Gasteiger partial charge < -0.3 is 10.2 Å². The fourth-order valence-electron chi connectivity index (χ4n) is 6.60. The molecule has 5 rings (SSSR count). The molecule has 0 saturated heterocycles. The molecule has 30 heavy (non-hydrogen) atoms. The number of phenols is 1. The highest BCUT2D eigenvalue weighted by Crippen LogP contribution is 2.61. The first-order chi connectivity index (χ1) is 14.5. The maximum absolute atomic E-state index is 12.9. The summed E-state index contributed by atoms with van der Waals surface area (Å²) in [4.78, 5) is 12.9. The standard InChI is InChI=1S/C27H30O3/c1-27-14-13-19-20(23(27)10-12-26(27)30)9-8-18-15-25(29)22(16-21(18)19)24(28)11-7-17-5-3-2-4-6-17/h2-7,11,15-16,19-20,23,26,29-30H,8-10,12-14H2,1H3/b11-7+/t19-,20+,23-,26-,27-/m0/s1. The Kier molecular flexibility index (Phi) is 4.82. The van der Waals surface area contributed by atoms with Crippen LogP contribution in [0.25, 0.3) is 6.08 Å². The Morgan fingerprint density at radius 3 is 2.70 bits per heavy atom. The maximum Gasteiger partial charge on any atom is 0.189 e. The number of aliphatic hydroxyl groups excluding tert-OH is 1. The van der Waals surface area contributed by atoms with E-state index in [1.807, 2.05) is 42.5 Å². The number of benzene rings is 2. The monoisotopic (exact) mass is 402 g/mol. The van der Waals surface area contributed by atoms with Crippen LogP contribution in [0.3, 0.4) is 0 Å². The first-order valence-corrected chi connectivity index (χ1v) is 11.3. The molecule has 0 aliphatic heterocycles. The minimum Gasteiger partial charge on any atom is -0.507 e.